The number of benzene rings is 2. The summed E-state index contributed by atoms with van der Waals surface area (Å²) in [6, 6.07) is 7.42. The predicted octanol–water partition coefficient (Wildman–Crippen LogP) is 4.52. The van der Waals surface area contributed by atoms with Crippen LogP contribution in [-0.2, 0) is 0 Å². The fraction of sp³-hybridized carbons (Fsp3) is 0. The topological polar surface area (TPSA) is 29.1 Å². The van der Waals surface area contributed by atoms with Crippen LogP contribution in [0, 0.1) is 11.6 Å². The van der Waals surface area contributed by atoms with Crippen molar-refractivity contribution in [3.8, 4) is 0 Å². The van der Waals surface area contributed by atoms with Gasteiger partial charge in [0.25, 0.3) is 5.91 Å². The quantitative estimate of drug-likeness (QED) is 0.868. The molecule has 0 spiro atoms. The molecule has 0 atom stereocenters. The second-order valence-electron chi connectivity index (χ2n) is 3.71. The van der Waals surface area contributed by atoms with Crippen molar-refractivity contribution in [3.05, 3.63) is 63.6 Å². The molecule has 19 heavy (non-hydrogen) atoms. The van der Waals surface area contributed by atoms with Gasteiger partial charge in [0.1, 0.15) is 0 Å². The van der Waals surface area contributed by atoms with Gasteiger partial charge in [0.2, 0.25) is 0 Å². The van der Waals surface area contributed by atoms with E-state index in [1.165, 1.54) is 24.3 Å². The molecule has 0 heterocycles. The number of carbonyl (C=O) groups excluding carboxylic acids is 1. The predicted molar refractivity (Wildman–Crippen MR) is 70.8 cm³/mol. The Kier molecular flexibility index (Phi) is 4.02. The van der Waals surface area contributed by atoms with Gasteiger partial charge in [0.05, 0.1) is 10.0 Å². The fourth-order valence-electron chi connectivity index (χ4n) is 1.41. The SMILES string of the molecule is O=C(Nc1ccc(F)c(F)c1)c1ccc(Cl)c(Cl)c1. The van der Waals surface area contributed by atoms with Crippen molar-refractivity contribution in [1.82, 2.24) is 0 Å². The Hall–Kier alpha value is -1.65. The number of rotatable bonds is 2. The lowest BCUT2D eigenvalue weighted by Crippen LogP contribution is -2.12. The molecule has 6 heteroatoms. The van der Waals surface area contributed by atoms with E-state index in [0.717, 1.165) is 12.1 Å². The molecule has 0 aliphatic rings. The van der Waals surface area contributed by atoms with Crippen molar-refractivity contribution in [2.45, 2.75) is 0 Å². The van der Waals surface area contributed by atoms with E-state index in [-0.39, 0.29) is 16.3 Å². The lowest BCUT2D eigenvalue weighted by molar-refractivity contribution is 0.102. The number of hydrogen-bond donors (Lipinski definition) is 1. The van der Waals surface area contributed by atoms with Gasteiger partial charge in [-0.2, -0.15) is 0 Å². The molecule has 0 saturated heterocycles. The Morgan fingerprint density at radius 2 is 1.68 bits per heavy atom. The van der Waals surface area contributed by atoms with Crippen molar-refractivity contribution in [3.63, 3.8) is 0 Å². The molecule has 0 aliphatic carbocycles. The van der Waals surface area contributed by atoms with Gasteiger partial charge >= 0.3 is 0 Å². The van der Waals surface area contributed by atoms with E-state index < -0.39 is 17.5 Å². The Balaban J connectivity index is 2.20. The number of nitrogens with one attached hydrogen (secondary N) is 1. The first-order valence-corrected chi connectivity index (χ1v) is 5.94. The maximum atomic E-state index is 13.0. The highest BCUT2D eigenvalue weighted by Crippen LogP contribution is 2.23. The van der Waals surface area contributed by atoms with Gasteiger partial charge in [0.15, 0.2) is 11.6 Å². The summed E-state index contributed by atoms with van der Waals surface area (Å²) < 4.78 is 25.7. The standard InChI is InChI=1S/C13H7Cl2F2NO/c14-9-3-1-7(5-10(9)15)13(19)18-8-2-4-11(16)12(17)6-8/h1-6H,(H,18,19). The molecule has 0 aromatic heterocycles. The molecule has 0 aliphatic heterocycles. The third-order valence-electron chi connectivity index (χ3n) is 2.36. The minimum absolute atomic E-state index is 0.148. The Morgan fingerprint density at radius 3 is 2.32 bits per heavy atom. The third kappa shape index (κ3) is 3.22. The van der Waals surface area contributed by atoms with E-state index in [0.29, 0.717) is 5.02 Å². The van der Waals surface area contributed by atoms with Crippen molar-refractivity contribution < 1.29 is 13.6 Å². The van der Waals surface area contributed by atoms with E-state index in [1.807, 2.05) is 0 Å². The normalized spacial score (nSPS) is 10.3. The minimum Gasteiger partial charge on any atom is -0.322 e. The number of carbonyl (C=O) groups is 1. The molecule has 2 nitrogen and oxygen atoms in total. The van der Waals surface area contributed by atoms with E-state index >= 15 is 0 Å². The molecule has 98 valence electrons. The summed E-state index contributed by atoms with van der Waals surface area (Å²) in [4.78, 5) is 11.8. The monoisotopic (exact) mass is 301 g/mol. The highest BCUT2D eigenvalue weighted by Gasteiger charge is 2.10. The van der Waals surface area contributed by atoms with Gasteiger partial charge < -0.3 is 5.32 Å². The molecular formula is C13H7Cl2F2NO. The first-order valence-electron chi connectivity index (χ1n) is 5.19. The number of anilines is 1. The van der Waals surface area contributed by atoms with Gasteiger partial charge in [-0.05, 0) is 30.3 Å². The maximum Gasteiger partial charge on any atom is 0.255 e. The average molecular weight is 302 g/mol. The van der Waals surface area contributed by atoms with Gasteiger partial charge in [0, 0.05) is 17.3 Å². The van der Waals surface area contributed by atoms with Crippen LogP contribution >= 0.6 is 23.2 Å². The van der Waals surface area contributed by atoms with Crippen LogP contribution in [0.4, 0.5) is 14.5 Å². The highest BCUT2D eigenvalue weighted by atomic mass is 35.5. The second kappa shape index (κ2) is 5.55. The summed E-state index contributed by atoms with van der Waals surface area (Å²) in [5, 5.41) is 2.99. The van der Waals surface area contributed by atoms with Crippen LogP contribution in [0.2, 0.25) is 10.0 Å². The van der Waals surface area contributed by atoms with Crippen LogP contribution < -0.4 is 5.32 Å². The molecule has 2 aromatic carbocycles. The summed E-state index contributed by atoms with van der Waals surface area (Å²) in [6.07, 6.45) is 0. The Morgan fingerprint density at radius 1 is 0.947 bits per heavy atom. The highest BCUT2D eigenvalue weighted by molar-refractivity contribution is 6.42. The molecule has 0 radical (unpaired) electrons. The van der Waals surface area contributed by atoms with E-state index in [9.17, 15) is 13.6 Å². The number of hydrogen-bond acceptors (Lipinski definition) is 1. The van der Waals surface area contributed by atoms with Gasteiger partial charge in [-0.3, -0.25) is 4.79 Å². The van der Waals surface area contributed by atoms with Gasteiger partial charge in [-0.25, -0.2) is 8.78 Å². The fourth-order valence-corrected chi connectivity index (χ4v) is 1.71. The lowest BCUT2D eigenvalue weighted by atomic mass is 10.2. The molecule has 2 rings (SSSR count). The van der Waals surface area contributed by atoms with E-state index in [4.69, 9.17) is 23.2 Å². The molecule has 0 saturated carbocycles. The zero-order valence-electron chi connectivity index (χ0n) is 9.38. The summed E-state index contributed by atoms with van der Waals surface area (Å²) in [7, 11) is 0. The summed E-state index contributed by atoms with van der Waals surface area (Å²) in [5.41, 5.74) is 0.411. The number of halogens is 4. The van der Waals surface area contributed by atoms with Crippen LogP contribution in [0.5, 0.6) is 0 Å². The second-order valence-corrected chi connectivity index (χ2v) is 4.53. The zero-order chi connectivity index (χ0) is 14.0. The molecule has 1 amide bonds. The van der Waals surface area contributed by atoms with Crippen LogP contribution in [0.1, 0.15) is 10.4 Å². The largest absolute Gasteiger partial charge is 0.322 e. The van der Waals surface area contributed by atoms with Crippen LogP contribution in [0.25, 0.3) is 0 Å². The minimum atomic E-state index is -1.04. The van der Waals surface area contributed by atoms with Crippen molar-refractivity contribution in [2.75, 3.05) is 5.32 Å². The molecule has 2 aromatic rings. The smallest absolute Gasteiger partial charge is 0.255 e. The first kappa shape index (κ1) is 13.8. The Bertz CT molecular complexity index is 647. The summed E-state index contributed by atoms with van der Waals surface area (Å²) >= 11 is 11.5. The third-order valence-corrected chi connectivity index (χ3v) is 3.10. The van der Waals surface area contributed by atoms with E-state index in [2.05, 4.69) is 5.32 Å². The van der Waals surface area contributed by atoms with Crippen LogP contribution in [0.3, 0.4) is 0 Å². The van der Waals surface area contributed by atoms with Crippen molar-refractivity contribution in [1.29, 1.82) is 0 Å². The van der Waals surface area contributed by atoms with E-state index in [1.54, 1.807) is 0 Å². The van der Waals surface area contributed by atoms with Crippen LogP contribution in [-0.4, -0.2) is 5.91 Å². The van der Waals surface area contributed by atoms with Crippen LogP contribution in [0.15, 0.2) is 36.4 Å². The lowest BCUT2D eigenvalue weighted by Gasteiger charge is -2.06. The molecule has 0 fully saturated rings. The average Bonchev–Trinajstić information content (AvgIpc) is 2.37. The van der Waals surface area contributed by atoms with Crippen molar-refractivity contribution >= 4 is 34.8 Å². The molecular weight excluding hydrogens is 295 g/mol. The summed E-state index contributed by atoms with van der Waals surface area (Å²) in [6.45, 7) is 0. The van der Waals surface area contributed by atoms with Gasteiger partial charge in [-0.15, -0.1) is 0 Å². The molecule has 1 N–H and O–H groups in total. The summed E-state index contributed by atoms with van der Waals surface area (Å²) in [5.74, 6) is -2.51. The molecule has 0 bridgehead atoms. The molecule has 0 unspecified atom stereocenters. The zero-order valence-corrected chi connectivity index (χ0v) is 10.9. The first-order chi connectivity index (χ1) is 8.97. The Labute approximate surface area is 118 Å². The van der Waals surface area contributed by atoms with Crippen molar-refractivity contribution in [2.24, 2.45) is 0 Å². The number of amides is 1. The maximum absolute atomic E-state index is 13.0. The van der Waals surface area contributed by atoms with Gasteiger partial charge in [-0.1, -0.05) is 23.2 Å².